The molecule has 0 aromatic heterocycles. The molecule has 1 fully saturated rings. The lowest BCUT2D eigenvalue weighted by Crippen LogP contribution is -2.44. The molecule has 0 aliphatic carbocycles. The second-order valence-corrected chi connectivity index (χ2v) is 8.94. The molecule has 0 atom stereocenters. The maximum Gasteiger partial charge on any atom is 0.243 e. The lowest BCUT2D eigenvalue weighted by Gasteiger charge is -2.33. The van der Waals surface area contributed by atoms with Gasteiger partial charge in [0.2, 0.25) is 15.9 Å². The number of carbonyl (C=O) groups is 1. The van der Waals surface area contributed by atoms with Crippen LogP contribution >= 0.6 is 0 Å². The Bertz CT molecular complexity index is 672. The van der Waals surface area contributed by atoms with E-state index < -0.39 is 10.0 Å². The Morgan fingerprint density at radius 2 is 1.58 bits per heavy atom. The van der Waals surface area contributed by atoms with E-state index in [2.05, 4.69) is 13.8 Å². The number of aryl methyl sites for hydroxylation is 1. The summed E-state index contributed by atoms with van der Waals surface area (Å²) in [5.74, 6) is 0.139. The van der Waals surface area contributed by atoms with Crippen molar-refractivity contribution < 1.29 is 13.2 Å². The Balaban J connectivity index is 2.01. The fourth-order valence-corrected chi connectivity index (χ4v) is 4.99. The number of benzene rings is 1. The summed E-state index contributed by atoms with van der Waals surface area (Å²) in [5.41, 5.74) is 1.13. The topological polar surface area (TPSA) is 57.7 Å². The third kappa shape index (κ3) is 4.86. The van der Waals surface area contributed by atoms with Crippen LogP contribution in [0.15, 0.2) is 29.2 Å². The van der Waals surface area contributed by atoms with E-state index in [1.807, 2.05) is 24.0 Å². The monoisotopic (exact) mass is 380 g/mol. The van der Waals surface area contributed by atoms with Crippen molar-refractivity contribution in [3.05, 3.63) is 29.8 Å². The summed E-state index contributed by atoms with van der Waals surface area (Å²) in [6, 6.07) is 7.12. The molecule has 1 amide bonds. The van der Waals surface area contributed by atoms with Gasteiger partial charge in [-0.05, 0) is 49.8 Å². The SMILES string of the molecule is CCCN(CCC)C(=O)C1CCN(S(=O)(=O)c2ccc(CC)cc2)CC1. The fraction of sp³-hybridized carbons (Fsp3) is 0.650. The van der Waals surface area contributed by atoms with Gasteiger partial charge in [0, 0.05) is 32.1 Å². The summed E-state index contributed by atoms with van der Waals surface area (Å²) in [4.78, 5) is 15.0. The number of hydrogen-bond donors (Lipinski definition) is 0. The van der Waals surface area contributed by atoms with Gasteiger partial charge in [0.15, 0.2) is 0 Å². The molecule has 2 rings (SSSR count). The average molecular weight is 381 g/mol. The Hall–Kier alpha value is -1.40. The van der Waals surface area contributed by atoms with Crippen LogP contribution in [0.25, 0.3) is 0 Å². The van der Waals surface area contributed by atoms with E-state index in [1.165, 1.54) is 4.31 Å². The number of rotatable bonds is 8. The Morgan fingerprint density at radius 3 is 2.04 bits per heavy atom. The molecule has 0 saturated carbocycles. The zero-order chi connectivity index (χ0) is 19.2. The van der Waals surface area contributed by atoms with Gasteiger partial charge in [-0.15, -0.1) is 0 Å². The minimum absolute atomic E-state index is 0.0537. The highest BCUT2D eigenvalue weighted by Gasteiger charge is 2.33. The van der Waals surface area contributed by atoms with E-state index in [9.17, 15) is 13.2 Å². The van der Waals surface area contributed by atoms with Crippen molar-refractivity contribution in [3.63, 3.8) is 0 Å². The van der Waals surface area contributed by atoms with Crippen LogP contribution in [0.3, 0.4) is 0 Å². The smallest absolute Gasteiger partial charge is 0.243 e. The van der Waals surface area contributed by atoms with E-state index >= 15 is 0 Å². The van der Waals surface area contributed by atoms with Crippen molar-refractivity contribution in [2.75, 3.05) is 26.2 Å². The molecule has 146 valence electrons. The van der Waals surface area contributed by atoms with E-state index in [1.54, 1.807) is 12.1 Å². The lowest BCUT2D eigenvalue weighted by atomic mass is 9.96. The third-order valence-corrected chi connectivity index (χ3v) is 6.98. The van der Waals surface area contributed by atoms with Crippen molar-refractivity contribution in [2.45, 2.75) is 57.8 Å². The first-order chi connectivity index (χ1) is 12.4. The maximum absolute atomic E-state index is 12.8. The molecule has 1 saturated heterocycles. The highest BCUT2D eigenvalue weighted by atomic mass is 32.2. The predicted octanol–water partition coefficient (Wildman–Crippen LogP) is 3.30. The normalized spacial score (nSPS) is 16.6. The Morgan fingerprint density at radius 1 is 1.04 bits per heavy atom. The summed E-state index contributed by atoms with van der Waals surface area (Å²) in [6.45, 7) is 8.61. The third-order valence-electron chi connectivity index (χ3n) is 5.07. The first-order valence-electron chi connectivity index (χ1n) is 9.81. The predicted molar refractivity (Wildman–Crippen MR) is 104 cm³/mol. The first-order valence-corrected chi connectivity index (χ1v) is 11.3. The minimum atomic E-state index is -3.47. The molecule has 5 nitrogen and oxygen atoms in total. The highest BCUT2D eigenvalue weighted by Crippen LogP contribution is 2.25. The summed E-state index contributed by atoms with van der Waals surface area (Å²) in [6.07, 6.45) is 4.00. The van der Waals surface area contributed by atoms with Crippen molar-refractivity contribution in [2.24, 2.45) is 5.92 Å². The highest BCUT2D eigenvalue weighted by molar-refractivity contribution is 7.89. The molecule has 1 aliphatic heterocycles. The van der Waals surface area contributed by atoms with Crippen LogP contribution in [0, 0.1) is 5.92 Å². The second kappa shape index (κ2) is 9.51. The van der Waals surface area contributed by atoms with Gasteiger partial charge < -0.3 is 4.90 Å². The van der Waals surface area contributed by atoms with Crippen LogP contribution in [0.5, 0.6) is 0 Å². The van der Waals surface area contributed by atoms with E-state index in [-0.39, 0.29) is 11.8 Å². The fourth-order valence-electron chi connectivity index (χ4n) is 3.52. The first kappa shape index (κ1) is 20.9. The number of nitrogens with zero attached hydrogens (tertiary/aromatic N) is 2. The van der Waals surface area contributed by atoms with Crippen molar-refractivity contribution in [1.82, 2.24) is 9.21 Å². The molecule has 6 heteroatoms. The molecular formula is C20H32N2O3S. The van der Waals surface area contributed by atoms with Crippen LogP contribution in [0.2, 0.25) is 0 Å². The molecule has 1 heterocycles. The molecule has 1 aromatic rings. The molecule has 0 unspecified atom stereocenters. The van der Waals surface area contributed by atoms with Crippen molar-refractivity contribution in [1.29, 1.82) is 0 Å². The second-order valence-electron chi connectivity index (χ2n) is 7.00. The summed E-state index contributed by atoms with van der Waals surface area (Å²) in [5, 5.41) is 0. The molecule has 0 N–H and O–H groups in total. The van der Waals surface area contributed by atoms with Crippen molar-refractivity contribution >= 4 is 15.9 Å². The summed E-state index contributed by atoms with van der Waals surface area (Å²) < 4.78 is 27.2. The molecule has 0 bridgehead atoms. The molecule has 1 aliphatic rings. The van der Waals surface area contributed by atoms with E-state index in [0.29, 0.717) is 30.8 Å². The zero-order valence-electron chi connectivity index (χ0n) is 16.3. The van der Waals surface area contributed by atoms with Gasteiger partial charge in [-0.1, -0.05) is 32.9 Å². The van der Waals surface area contributed by atoms with Crippen LogP contribution in [0.4, 0.5) is 0 Å². The molecule has 26 heavy (non-hydrogen) atoms. The maximum atomic E-state index is 12.8. The van der Waals surface area contributed by atoms with Crippen molar-refractivity contribution in [3.8, 4) is 0 Å². The molecule has 0 radical (unpaired) electrons. The Kier molecular flexibility index (Phi) is 7.65. The molecule has 0 spiro atoms. The average Bonchev–Trinajstić information content (AvgIpc) is 2.67. The van der Waals surface area contributed by atoms with Gasteiger partial charge in [0.05, 0.1) is 4.90 Å². The number of piperidine rings is 1. The van der Waals surface area contributed by atoms with E-state index in [4.69, 9.17) is 0 Å². The van der Waals surface area contributed by atoms with Crippen LogP contribution in [0.1, 0.15) is 52.0 Å². The molecule has 1 aromatic carbocycles. The molecular weight excluding hydrogens is 348 g/mol. The van der Waals surface area contributed by atoms with Crippen LogP contribution in [-0.2, 0) is 21.2 Å². The number of carbonyl (C=O) groups excluding carboxylic acids is 1. The van der Waals surface area contributed by atoms with Gasteiger partial charge >= 0.3 is 0 Å². The van der Waals surface area contributed by atoms with Crippen LogP contribution in [-0.4, -0.2) is 49.7 Å². The zero-order valence-corrected chi connectivity index (χ0v) is 17.1. The minimum Gasteiger partial charge on any atom is -0.342 e. The number of hydrogen-bond acceptors (Lipinski definition) is 3. The summed E-state index contributed by atoms with van der Waals surface area (Å²) in [7, 11) is -3.47. The number of sulfonamides is 1. The number of amides is 1. The Labute approximate surface area is 158 Å². The van der Waals surface area contributed by atoms with Gasteiger partial charge in [0.1, 0.15) is 0 Å². The van der Waals surface area contributed by atoms with Gasteiger partial charge in [-0.3, -0.25) is 4.79 Å². The van der Waals surface area contributed by atoms with E-state index in [0.717, 1.165) is 37.9 Å². The van der Waals surface area contributed by atoms with Gasteiger partial charge in [-0.2, -0.15) is 4.31 Å². The van der Waals surface area contributed by atoms with Gasteiger partial charge in [-0.25, -0.2) is 8.42 Å². The largest absolute Gasteiger partial charge is 0.342 e. The summed E-state index contributed by atoms with van der Waals surface area (Å²) >= 11 is 0. The van der Waals surface area contributed by atoms with Gasteiger partial charge in [0.25, 0.3) is 0 Å². The lowest BCUT2D eigenvalue weighted by molar-refractivity contribution is -0.136. The quantitative estimate of drug-likeness (QED) is 0.695. The van der Waals surface area contributed by atoms with Crippen LogP contribution < -0.4 is 0 Å². The standard InChI is InChI=1S/C20H32N2O3S/c1-4-13-21(14-5-2)20(23)18-11-15-22(16-12-18)26(24,25)19-9-7-17(6-3)8-10-19/h7-10,18H,4-6,11-16H2,1-3H3.